The van der Waals surface area contributed by atoms with Gasteiger partial charge in [-0.05, 0) is 0 Å². The fraction of sp³-hybridized carbons (Fsp3) is 0.400. The Kier molecular flexibility index (Phi) is 4.15. The predicted molar refractivity (Wildman–Crippen MR) is 82.1 cm³/mol. The summed E-state index contributed by atoms with van der Waals surface area (Å²) in [7, 11) is 3.04. The highest BCUT2D eigenvalue weighted by Crippen LogP contribution is 2.27. The number of likely N-dealkylation sites (tertiary alicyclic amines) is 1. The van der Waals surface area contributed by atoms with Gasteiger partial charge >= 0.3 is 12.1 Å². The van der Waals surface area contributed by atoms with Crippen LogP contribution in [-0.4, -0.2) is 67.8 Å². The summed E-state index contributed by atoms with van der Waals surface area (Å²) in [5.74, 6) is 0.732. The summed E-state index contributed by atoms with van der Waals surface area (Å²) in [6, 6.07) is 4.36. The molecule has 2 fully saturated rings. The summed E-state index contributed by atoms with van der Waals surface area (Å²) in [5.41, 5.74) is 0.524. The van der Waals surface area contributed by atoms with Crippen molar-refractivity contribution >= 4 is 23.7 Å². The molecular formula is C15H17N3O6. The molecule has 3 rings (SSSR count). The van der Waals surface area contributed by atoms with E-state index < -0.39 is 6.09 Å². The number of nitrogens with one attached hydrogen (secondary N) is 1. The van der Waals surface area contributed by atoms with Crippen molar-refractivity contribution in [2.45, 2.75) is 6.04 Å². The SMILES string of the molecule is COc1cc(NC(=O)N2CC(N3C(=O)COC3=O)C2)cc(OC)c1. The van der Waals surface area contributed by atoms with Crippen molar-refractivity contribution < 1.29 is 28.6 Å². The van der Waals surface area contributed by atoms with Crippen LogP contribution in [0.2, 0.25) is 0 Å². The Bertz CT molecular complexity index is 648. The lowest BCUT2D eigenvalue weighted by Gasteiger charge is -2.41. The third kappa shape index (κ3) is 2.92. The number of imide groups is 1. The molecule has 1 aromatic rings. The lowest BCUT2D eigenvalue weighted by atomic mass is 10.1. The quantitative estimate of drug-likeness (QED) is 0.878. The van der Waals surface area contributed by atoms with E-state index in [1.165, 1.54) is 19.1 Å². The molecule has 1 aromatic carbocycles. The maximum Gasteiger partial charge on any atom is 0.417 e. The summed E-state index contributed by atoms with van der Waals surface area (Å²) >= 11 is 0. The number of nitrogens with zero attached hydrogens (tertiary/aromatic N) is 2. The maximum absolute atomic E-state index is 12.2. The molecule has 1 N–H and O–H groups in total. The second-order valence-electron chi connectivity index (χ2n) is 5.41. The van der Waals surface area contributed by atoms with Crippen LogP contribution in [0.15, 0.2) is 18.2 Å². The summed E-state index contributed by atoms with van der Waals surface area (Å²) in [6.07, 6.45) is -0.650. The van der Waals surface area contributed by atoms with Gasteiger partial charge in [0.1, 0.15) is 11.5 Å². The second kappa shape index (κ2) is 6.26. The van der Waals surface area contributed by atoms with E-state index in [9.17, 15) is 14.4 Å². The number of benzene rings is 1. The molecule has 2 heterocycles. The van der Waals surface area contributed by atoms with Gasteiger partial charge in [0.2, 0.25) is 0 Å². The van der Waals surface area contributed by atoms with Gasteiger partial charge in [-0.15, -0.1) is 0 Å². The van der Waals surface area contributed by atoms with Gasteiger partial charge in [-0.25, -0.2) is 14.5 Å². The summed E-state index contributed by atoms with van der Waals surface area (Å²) in [6.45, 7) is 0.312. The molecule has 0 aromatic heterocycles. The Balaban J connectivity index is 1.59. The van der Waals surface area contributed by atoms with Crippen LogP contribution in [0, 0.1) is 0 Å². The molecule has 0 atom stereocenters. The minimum atomic E-state index is -0.650. The monoisotopic (exact) mass is 335 g/mol. The van der Waals surface area contributed by atoms with Gasteiger partial charge in [0, 0.05) is 37.0 Å². The molecule has 0 saturated carbocycles. The Morgan fingerprint density at radius 3 is 2.29 bits per heavy atom. The van der Waals surface area contributed by atoms with E-state index >= 15 is 0 Å². The van der Waals surface area contributed by atoms with Crippen LogP contribution in [0.1, 0.15) is 0 Å². The van der Waals surface area contributed by atoms with Crippen molar-refractivity contribution in [2.24, 2.45) is 0 Å². The van der Waals surface area contributed by atoms with Gasteiger partial charge in [0.15, 0.2) is 6.61 Å². The number of methoxy groups -OCH3 is 2. The third-order valence-electron chi connectivity index (χ3n) is 3.90. The van der Waals surface area contributed by atoms with E-state index in [4.69, 9.17) is 9.47 Å². The van der Waals surface area contributed by atoms with Gasteiger partial charge in [-0.3, -0.25) is 4.79 Å². The molecule has 2 aliphatic heterocycles. The molecule has 4 amide bonds. The smallest absolute Gasteiger partial charge is 0.417 e. The number of hydrogen-bond donors (Lipinski definition) is 1. The third-order valence-corrected chi connectivity index (χ3v) is 3.90. The Morgan fingerprint density at radius 1 is 1.17 bits per heavy atom. The van der Waals surface area contributed by atoms with Crippen molar-refractivity contribution in [2.75, 3.05) is 39.2 Å². The lowest BCUT2D eigenvalue weighted by molar-refractivity contribution is -0.129. The van der Waals surface area contributed by atoms with E-state index in [-0.39, 0.29) is 37.7 Å². The van der Waals surface area contributed by atoms with Crippen LogP contribution in [0.4, 0.5) is 15.3 Å². The van der Waals surface area contributed by atoms with Gasteiger partial charge in [0.25, 0.3) is 5.91 Å². The molecule has 0 radical (unpaired) electrons. The summed E-state index contributed by atoms with van der Waals surface area (Å²) in [5, 5.41) is 2.73. The van der Waals surface area contributed by atoms with Gasteiger partial charge in [0.05, 0.1) is 20.3 Å². The normalized spacial score (nSPS) is 17.4. The molecule has 9 nitrogen and oxygen atoms in total. The first-order valence-corrected chi connectivity index (χ1v) is 7.29. The lowest BCUT2D eigenvalue weighted by Crippen LogP contribution is -2.63. The number of hydrogen-bond acceptors (Lipinski definition) is 6. The number of ether oxygens (including phenoxy) is 3. The Hall–Kier alpha value is -2.97. The highest BCUT2D eigenvalue weighted by Gasteiger charge is 2.44. The largest absolute Gasteiger partial charge is 0.497 e. The minimum absolute atomic E-state index is 0.231. The highest BCUT2D eigenvalue weighted by molar-refractivity contribution is 5.99. The molecule has 2 aliphatic rings. The van der Waals surface area contributed by atoms with Crippen molar-refractivity contribution in [3.63, 3.8) is 0 Å². The van der Waals surface area contributed by atoms with E-state index in [0.29, 0.717) is 17.2 Å². The van der Waals surface area contributed by atoms with Gasteiger partial charge < -0.3 is 24.4 Å². The number of cyclic esters (lactones) is 1. The highest BCUT2D eigenvalue weighted by atomic mass is 16.6. The number of amides is 4. The van der Waals surface area contributed by atoms with Crippen LogP contribution in [0.25, 0.3) is 0 Å². The average Bonchev–Trinajstić information content (AvgIpc) is 2.85. The standard InChI is InChI=1S/C15H17N3O6/c1-22-11-3-9(4-12(5-11)23-2)16-14(20)17-6-10(7-17)18-13(19)8-24-15(18)21/h3-5,10H,6-8H2,1-2H3,(H,16,20). The fourth-order valence-electron chi connectivity index (χ4n) is 2.58. The number of anilines is 1. The van der Waals surface area contributed by atoms with E-state index in [0.717, 1.165) is 4.90 Å². The molecule has 0 unspecified atom stereocenters. The molecule has 24 heavy (non-hydrogen) atoms. The molecule has 0 aliphatic carbocycles. The summed E-state index contributed by atoms with van der Waals surface area (Å²) in [4.78, 5) is 37.8. The fourth-order valence-corrected chi connectivity index (χ4v) is 2.58. The average molecular weight is 335 g/mol. The van der Waals surface area contributed by atoms with Gasteiger partial charge in [-0.1, -0.05) is 0 Å². The topological polar surface area (TPSA) is 97.4 Å². The molecule has 128 valence electrons. The minimum Gasteiger partial charge on any atom is -0.497 e. The maximum atomic E-state index is 12.2. The van der Waals surface area contributed by atoms with Crippen LogP contribution in [0.3, 0.4) is 0 Å². The molecule has 0 spiro atoms. The molecule has 9 heteroatoms. The number of carbonyl (C=O) groups excluding carboxylic acids is 3. The zero-order valence-electron chi connectivity index (χ0n) is 13.3. The first-order valence-electron chi connectivity index (χ1n) is 7.29. The molecular weight excluding hydrogens is 318 g/mol. The van der Waals surface area contributed by atoms with Crippen LogP contribution >= 0.6 is 0 Å². The van der Waals surface area contributed by atoms with E-state index in [1.54, 1.807) is 18.2 Å². The number of rotatable bonds is 4. The molecule has 2 saturated heterocycles. The van der Waals surface area contributed by atoms with E-state index in [1.807, 2.05) is 0 Å². The van der Waals surface area contributed by atoms with Crippen molar-refractivity contribution in [1.82, 2.24) is 9.80 Å². The predicted octanol–water partition coefficient (Wildman–Crippen LogP) is 0.899. The van der Waals surface area contributed by atoms with Crippen LogP contribution < -0.4 is 14.8 Å². The van der Waals surface area contributed by atoms with Crippen molar-refractivity contribution in [3.05, 3.63) is 18.2 Å². The Morgan fingerprint density at radius 2 is 1.79 bits per heavy atom. The van der Waals surface area contributed by atoms with E-state index in [2.05, 4.69) is 10.1 Å². The first-order chi connectivity index (χ1) is 11.5. The summed E-state index contributed by atoms with van der Waals surface area (Å²) < 4.78 is 15.0. The zero-order chi connectivity index (χ0) is 17.3. The second-order valence-corrected chi connectivity index (χ2v) is 5.41. The number of carbonyl (C=O) groups is 3. The van der Waals surface area contributed by atoms with Crippen molar-refractivity contribution in [3.8, 4) is 11.5 Å². The van der Waals surface area contributed by atoms with Crippen LogP contribution in [-0.2, 0) is 9.53 Å². The van der Waals surface area contributed by atoms with Gasteiger partial charge in [-0.2, -0.15) is 0 Å². The van der Waals surface area contributed by atoms with Crippen LogP contribution in [0.5, 0.6) is 11.5 Å². The first kappa shape index (κ1) is 15.9. The number of urea groups is 1. The Labute approximate surface area is 138 Å². The zero-order valence-corrected chi connectivity index (χ0v) is 13.3. The molecule has 0 bridgehead atoms. The van der Waals surface area contributed by atoms with Crippen molar-refractivity contribution in [1.29, 1.82) is 0 Å².